The quantitative estimate of drug-likeness (QED) is 0.837. The topological polar surface area (TPSA) is 67.9 Å². The fourth-order valence-corrected chi connectivity index (χ4v) is 2.39. The lowest BCUT2D eigenvalue weighted by molar-refractivity contribution is 0.802. The maximum Gasteiger partial charge on any atom is 0.226 e. The van der Waals surface area contributed by atoms with Crippen molar-refractivity contribution >= 4 is 11.8 Å². The Hall–Kier alpha value is -2.61. The van der Waals surface area contributed by atoms with E-state index in [0.717, 1.165) is 30.6 Å². The van der Waals surface area contributed by atoms with Gasteiger partial charge in [0.25, 0.3) is 0 Å². The van der Waals surface area contributed by atoms with Gasteiger partial charge >= 0.3 is 0 Å². The first-order valence-corrected chi connectivity index (χ1v) is 6.55. The molecule has 5 nitrogen and oxygen atoms in total. The summed E-state index contributed by atoms with van der Waals surface area (Å²) in [7, 11) is 0. The molecule has 0 amide bonds. The van der Waals surface area contributed by atoms with Gasteiger partial charge in [-0.3, -0.25) is 0 Å². The van der Waals surface area contributed by atoms with Crippen molar-refractivity contribution in [1.82, 2.24) is 15.0 Å². The van der Waals surface area contributed by atoms with Gasteiger partial charge in [0.05, 0.1) is 11.7 Å². The van der Waals surface area contributed by atoms with E-state index in [1.807, 2.05) is 12.1 Å². The van der Waals surface area contributed by atoms with Crippen LogP contribution in [0.15, 0.2) is 30.6 Å². The molecule has 1 aliphatic rings. The number of nitrogen functional groups attached to an aromatic ring is 1. The molecule has 2 aromatic heterocycles. The predicted octanol–water partition coefficient (Wildman–Crippen LogP) is 1.72. The smallest absolute Gasteiger partial charge is 0.226 e. The lowest BCUT2D eigenvalue weighted by Gasteiger charge is -2.20. The molecule has 20 heavy (non-hydrogen) atoms. The predicted molar refractivity (Wildman–Crippen MR) is 78.9 cm³/mol. The molecule has 0 unspecified atom stereocenters. The zero-order chi connectivity index (χ0) is 13.9. The second-order valence-corrected chi connectivity index (χ2v) is 4.74. The molecule has 1 fully saturated rings. The zero-order valence-corrected chi connectivity index (χ0v) is 11.0. The first kappa shape index (κ1) is 12.4. The minimum atomic E-state index is 0.103. The monoisotopic (exact) mass is 265 g/mol. The molecule has 0 bridgehead atoms. The Kier molecular flexibility index (Phi) is 3.21. The standard InChI is InChI=1S/C15H15N5/c1-2-12-5-4-8-20(12)15-17-9-11(10-18-15)13-6-3-7-14(16)19-13/h1,3,6-7,9-10,12H,4-5,8H2,(H2,16,19)/t12-/m0/s1. The van der Waals surface area contributed by atoms with E-state index in [1.165, 1.54) is 0 Å². The molecule has 3 rings (SSSR count). The molecule has 0 saturated carbocycles. The molecule has 2 aromatic rings. The SMILES string of the molecule is C#C[C@H]1CCCN1c1ncc(-c2cccc(N)n2)cn1. The van der Waals surface area contributed by atoms with Gasteiger partial charge in [0.15, 0.2) is 0 Å². The molecule has 1 aliphatic heterocycles. The number of hydrogen-bond donors (Lipinski definition) is 1. The van der Waals surface area contributed by atoms with Crippen LogP contribution >= 0.6 is 0 Å². The van der Waals surface area contributed by atoms with E-state index in [0.29, 0.717) is 11.8 Å². The van der Waals surface area contributed by atoms with Gasteiger partial charge in [-0.15, -0.1) is 6.42 Å². The summed E-state index contributed by atoms with van der Waals surface area (Å²) < 4.78 is 0. The number of aromatic nitrogens is 3. The van der Waals surface area contributed by atoms with Crippen LogP contribution in [0.4, 0.5) is 11.8 Å². The highest BCUT2D eigenvalue weighted by Gasteiger charge is 2.24. The Labute approximate surface area is 117 Å². The van der Waals surface area contributed by atoms with Gasteiger partial charge in [-0.05, 0) is 25.0 Å². The van der Waals surface area contributed by atoms with Crippen molar-refractivity contribution in [1.29, 1.82) is 0 Å². The van der Waals surface area contributed by atoms with Crippen LogP contribution in [-0.2, 0) is 0 Å². The number of nitrogens with zero attached hydrogens (tertiary/aromatic N) is 4. The van der Waals surface area contributed by atoms with Crippen LogP contribution in [0.5, 0.6) is 0 Å². The Balaban J connectivity index is 1.87. The highest BCUT2D eigenvalue weighted by molar-refractivity contribution is 5.59. The van der Waals surface area contributed by atoms with Gasteiger partial charge in [0.2, 0.25) is 5.95 Å². The number of pyridine rings is 1. The second kappa shape index (κ2) is 5.17. The molecule has 0 radical (unpaired) electrons. The molecule has 5 heteroatoms. The van der Waals surface area contributed by atoms with Crippen molar-refractivity contribution < 1.29 is 0 Å². The average Bonchev–Trinajstić information content (AvgIpc) is 2.96. The van der Waals surface area contributed by atoms with Crippen LogP contribution < -0.4 is 10.6 Å². The third-order valence-electron chi connectivity index (χ3n) is 3.41. The molecule has 0 aliphatic carbocycles. The molecule has 1 atom stereocenters. The largest absolute Gasteiger partial charge is 0.384 e. The molecular weight excluding hydrogens is 250 g/mol. The second-order valence-electron chi connectivity index (χ2n) is 4.74. The van der Waals surface area contributed by atoms with E-state index in [4.69, 9.17) is 12.2 Å². The van der Waals surface area contributed by atoms with E-state index < -0.39 is 0 Å². The zero-order valence-electron chi connectivity index (χ0n) is 11.0. The van der Waals surface area contributed by atoms with Gasteiger partial charge in [0.1, 0.15) is 5.82 Å². The summed E-state index contributed by atoms with van der Waals surface area (Å²) >= 11 is 0. The summed E-state index contributed by atoms with van der Waals surface area (Å²) in [6.45, 7) is 0.907. The fourth-order valence-electron chi connectivity index (χ4n) is 2.39. The van der Waals surface area contributed by atoms with Crippen LogP contribution in [-0.4, -0.2) is 27.5 Å². The Morgan fingerprint density at radius 2 is 2.10 bits per heavy atom. The third kappa shape index (κ3) is 2.28. The highest BCUT2D eigenvalue weighted by atomic mass is 15.3. The maximum absolute atomic E-state index is 5.68. The van der Waals surface area contributed by atoms with Gasteiger partial charge in [0, 0.05) is 24.5 Å². The van der Waals surface area contributed by atoms with Crippen LogP contribution in [0.1, 0.15) is 12.8 Å². The number of rotatable bonds is 2. The first-order chi connectivity index (χ1) is 9.78. The number of terminal acetylenes is 1. The maximum atomic E-state index is 5.68. The van der Waals surface area contributed by atoms with Crippen molar-refractivity contribution in [3.8, 4) is 23.6 Å². The average molecular weight is 265 g/mol. The first-order valence-electron chi connectivity index (χ1n) is 6.55. The van der Waals surface area contributed by atoms with Gasteiger partial charge in [-0.1, -0.05) is 12.0 Å². The van der Waals surface area contributed by atoms with E-state index in [9.17, 15) is 0 Å². The summed E-state index contributed by atoms with van der Waals surface area (Å²) in [6.07, 6.45) is 11.1. The third-order valence-corrected chi connectivity index (χ3v) is 3.41. The van der Waals surface area contributed by atoms with Crippen LogP contribution in [0.2, 0.25) is 0 Å². The summed E-state index contributed by atoms with van der Waals surface area (Å²) in [6, 6.07) is 5.60. The molecule has 3 heterocycles. The summed E-state index contributed by atoms with van der Waals surface area (Å²) in [5.74, 6) is 3.95. The Morgan fingerprint density at radius 3 is 2.80 bits per heavy atom. The van der Waals surface area contributed by atoms with Crippen LogP contribution in [0.25, 0.3) is 11.3 Å². The van der Waals surface area contributed by atoms with Crippen molar-refractivity contribution in [2.45, 2.75) is 18.9 Å². The van der Waals surface area contributed by atoms with E-state index in [1.54, 1.807) is 18.5 Å². The fraction of sp³-hybridized carbons (Fsp3) is 0.267. The highest BCUT2D eigenvalue weighted by Crippen LogP contribution is 2.23. The molecule has 2 N–H and O–H groups in total. The van der Waals surface area contributed by atoms with Gasteiger partial charge < -0.3 is 10.6 Å². The Morgan fingerprint density at radius 1 is 1.30 bits per heavy atom. The van der Waals surface area contributed by atoms with E-state index in [2.05, 4.69) is 25.8 Å². The van der Waals surface area contributed by atoms with Gasteiger partial charge in [-0.2, -0.15) is 0 Å². The van der Waals surface area contributed by atoms with Crippen LogP contribution in [0, 0.1) is 12.3 Å². The molecular formula is C15H15N5. The van der Waals surface area contributed by atoms with Gasteiger partial charge in [-0.25, -0.2) is 15.0 Å². The number of anilines is 2. The summed E-state index contributed by atoms with van der Waals surface area (Å²) in [4.78, 5) is 15.1. The van der Waals surface area contributed by atoms with Crippen LogP contribution in [0.3, 0.4) is 0 Å². The molecule has 1 saturated heterocycles. The number of nitrogens with two attached hydrogens (primary N) is 1. The van der Waals surface area contributed by atoms with Crippen molar-refractivity contribution in [2.24, 2.45) is 0 Å². The molecule has 0 aromatic carbocycles. The Bertz CT molecular complexity index is 644. The van der Waals surface area contributed by atoms with E-state index >= 15 is 0 Å². The normalized spacial score (nSPS) is 17.9. The minimum Gasteiger partial charge on any atom is -0.384 e. The molecule has 0 spiro atoms. The number of hydrogen-bond acceptors (Lipinski definition) is 5. The minimum absolute atomic E-state index is 0.103. The van der Waals surface area contributed by atoms with Crippen molar-refractivity contribution in [2.75, 3.05) is 17.2 Å². The summed E-state index contributed by atoms with van der Waals surface area (Å²) in [5, 5.41) is 0. The van der Waals surface area contributed by atoms with E-state index in [-0.39, 0.29) is 6.04 Å². The summed E-state index contributed by atoms with van der Waals surface area (Å²) in [5.41, 5.74) is 7.29. The lowest BCUT2D eigenvalue weighted by atomic mass is 10.2. The molecule has 100 valence electrons. The lowest BCUT2D eigenvalue weighted by Crippen LogP contribution is -2.29. The van der Waals surface area contributed by atoms with Crippen molar-refractivity contribution in [3.63, 3.8) is 0 Å². The van der Waals surface area contributed by atoms with Crippen molar-refractivity contribution in [3.05, 3.63) is 30.6 Å².